The summed E-state index contributed by atoms with van der Waals surface area (Å²) >= 11 is 6.10. The molecule has 0 aliphatic rings. The maximum atomic E-state index is 6.10. The summed E-state index contributed by atoms with van der Waals surface area (Å²) in [6, 6.07) is 0. The van der Waals surface area contributed by atoms with Gasteiger partial charge in [0.1, 0.15) is 0 Å². The fourth-order valence-corrected chi connectivity index (χ4v) is 1.42. The smallest absolute Gasteiger partial charge is 0.0662 e. The first kappa shape index (κ1) is 12.5. The van der Waals surface area contributed by atoms with E-state index in [1.54, 1.807) is 0 Å². The molecule has 0 saturated heterocycles. The van der Waals surface area contributed by atoms with Crippen LogP contribution >= 0.6 is 11.6 Å². The number of halogens is 1. The van der Waals surface area contributed by atoms with Crippen molar-refractivity contribution < 1.29 is 4.74 Å². The molecule has 15 heavy (non-hydrogen) atoms. The summed E-state index contributed by atoms with van der Waals surface area (Å²) in [5, 5.41) is 4.31. The Balaban J connectivity index is 2.33. The third-order valence-corrected chi connectivity index (χ3v) is 2.75. The van der Waals surface area contributed by atoms with Gasteiger partial charge in [0, 0.05) is 18.4 Å². The highest BCUT2D eigenvalue weighted by atomic mass is 35.5. The van der Waals surface area contributed by atoms with Crippen molar-refractivity contribution in [3.63, 3.8) is 0 Å². The fourth-order valence-electron chi connectivity index (χ4n) is 1.30. The van der Waals surface area contributed by atoms with Crippen LogP contribution in [0.4, 0.5) is 0 Å². The van der Waals surface area contributed by atoms with Crippen LogP contribution in [0.5, 0.6) is 0 Å². The molecule has 0 aromatic carbocycles. The molecule has 0 aliphatic heterocycles. The summed E-state index contributed by atoms with van der Waals surface area (Å²) in [6.45, 7) is 6.51. The highest BCUT2D eigenvalue weighted by molar-refractivity contribution is 6.20. The number of nitrogens with zero attached hydrogens (tertiary/aromatic N) is 2. The van der Waals surface area contributed by atoms with Gasteiger partial charge in [0.25, 0.3) is 0 Å². The highest BCUT2D eigenvalue weighted by Gasteiger charge is 2.07. The Labute approximate surface area is 96.4 Å². The molecule has 0 spiro atoms. The molecular weight excluding hydrogens is 212 g/mol. The topological polar surface area (TPSA) is 27.1 Å². The minimum Gasteiger partial charge on any atom is -0.380 e. The summed E-state index contributed by atoms with van der Waals surface area (Å²) in [6.07, 6.45) is 5.82. The molecule has 0 aliphatic carbocycles. The highest BCUT2D eigenvalue weighted by Crippen LogP contribution is 2.22. The molecule has 0 saturated carbocycles. The van der Waals surface area contributed by atoms with Gasteiger partial charge < -0.3 is 4.74 Å². The van der Waals surface area contributed by atoms with Crippen molar-refractivity contribution in [3.05, 3.63) is 18.0 Å². The van der Waals surface area contributed by atoms with E-state index in [2.05, 4.69) is 18.9 Å². The number of hydrogen-bond donors (Lipinski definition) is 0. The van der Waals surface area contributed by atoms with Crippen LogP contribution in [0.3, 0.4) is 0 Å². The molecule has 0 amide bonds. The van der Waals surface area contributed by atoms with Crippen LogP contribution in [0, 0.1) is 0 Å². The standard InChI is InChI=1S/C11H19ClN2O/c1-3-6-15-7-5-14-9-10(8-13-14)11(12)4-2/h8-9,11H,3-7H2,1-2H3. The first-order valence-corrected chi connectivity index (χ1v) is 5.95. The van der Waals surface area contributed by atoms with Crippen molar-refractivity contribution in [3.8, 4) is 0 Å². The van der Waals surface area contributed by atoms with Gasteiger partial charge in [-0.05, 0) is 12.8 Å². The molecule has 0 bridgehead atoms. The molecule has 1 rings (SSSR count). The van der Waals surface area contributed by atoms with Crippen molar-refractivity contribution in [2.45, 2.75) is 38.6 Å². The first-order valence-electron chi connectivity index (χ1n) is 5.52. The maximum Gasteiger partial charge on any atom is 0.0662 e. The first-order chi connectivity index (χ1) is 7.27. The maximum absolute atomic E-state index is 6.10. The van der Waals surface area contributed by atoms with Gasteiger partial charge >= 0.3 is 0 Å². The van der Waals surface area contributed by atoms with Crippen LogP contribution in [-0.2, 0) is 11.3 Å². The van der Waals surface area contributed by atoms with Crippen LogP contribution in [0.15, 0.2) is 12.4 Å². The molecule has 4 heteroatoms. The van der Waals surface area contributed by atoms with Gasteiger partial charge in [-0.3, -0.25) is 4.68 Å². The van der Waals surface area contributed by atoms with Crippen molar-refractivity contribution >= 4 is 11.6 Å². The van der Waals surface area contributed by atoms with Crippen molar-refractivity contribution in [2.75, 3.05) is 13.2 Å². The van der Waals surface area contributed by atoms with E-state index in [1.807, 2.05) is 17.1 Å². The van der Waals surface area contributed by atoms with Gasteiger partial charge in [0.15, 0.2) is 0 Å². The molecule has 1 heterocycles. The van der Waals surface area contributed by atoms with E-state index in [0.29, 0.717) is 6.61 Å². The molecule has 1 atom stereocenters. The zero-order valence-electron chi connectivity index (χ0n) is 9.45. The predicted octanol–water partition coefficient (Wildman–Crippen LogP) is 3.00. The number of alkyl halides is 1. The van der Waals surface area contributed by atoms with E-state index in [4.69, 9.17) is 16.3 Å². The van der Waals surface area contributed by atoms with Crippen molar-refractivity contribution in [2.24, 2.45) is 0 Å². The van der Waals surface area contributed by atoms with Gasteiger partial charge in [-0.2, -0.15) is 5.10 Å². The second-order valence-corrected chi connectivity index (χ2v) is 4.05. The summed E-state index contributed by atoms with van der Waals surface area (Å²) in [5.74, 6) is 0. The monoisotopic (exact) mass is 230 g/mol. The third-order valence-electron chi connectivity index (χ3n) is 2.19. The van der Waals surface area contributed by atoms with Gasteiger partial charge in [-0.25, -0.2) is 0 Å². The SMILES string of the molecule is CCCOCCn1cc(C(Cl)CC)cn1. The predicted molar refractivity (Wildman–Crippen MR) is 62.2 cm³/mol. The molecular formula is C11H19ClN2O. The van der Waals surface area contributed by atoms with Crippen molar-refractivity contribution in [1.29, 1.82) is 0 Å². The second kappa shape index (κ2) is 6.85. The molecule has 0 fully saturated rings. The van der Waals surface area contributed by atoms with Crippen LogP contribution in [-0.4, -0.2) is 23.0 Å². The zero-order chi connectivity index (χ0) is 11.1. The van der Waals surface area contributed by atoms with E-state index in [9.17, 15) is 0 Å². The Morgan fingerprint density at radius 1 is 1.47 bits per heavy atom. The Morgan fingerprint density at radius 3 is 2.93 bits per heavy atom. The lowest BCUT2D eigenvalue weighted by molar-refractivity contribution is 0.124. The number of rotatable bonds is 7. The normalized spacial score (nSPS) is 13.0. The van der Waals surface area contributed by atoms with E-state index in [0.717, 1.165) is 31.6 Å². The zero-order valence-corrected chi connectivity index (χ0v) is 10.2. The molecule has 1 aromatic rings. The Kier molecular flexibility index (Phi) is 5.73. The van der Waals surface area contributed by atoms with Crippen LogP contribution < -0.4 is 0 Å². The van der Waals surface area contributed by atoms with Crippen LogP contribution in [0.25, 0.3) is 0 Å². The minimum absolute atomic E-state index is 0.0790. The Hall–Kier alpha value is -0.540. The average Bonchev–Trinajstić information content (AvgIpc) is 2.72. The molecule has 1 aromatic heterocycles. The lowest BCUT2D eigenvalue weighted by atomic mass is 10.2. The Bertz CT molecular complexity index is 275. The molecule has 0 radical (unpaired) electrons. The van der Waals surface area contributed by atoms with Gasteiger partial charge in [-0.15, -0.1) is 11.6 Å². The van der Waals surface area contributed by atoms with Gasteiger partial charge in [-0.1, -0.05) is 13.8 Å². The van der Waals surface area contributed by atoms with Crippen LogP contribution in [0.2, 0.25) is 0 Å². The van der Waals surface area contributed by atoms with Crippen molar-refractivity contribution in [1.82, 2.24) is 9.78 Å². The molecule has 86 valence electrons. The second-order valence-electron chi connectivity index (χ2n) is 3.52. The molecule has 3 nitrogen and oxygen atoms in total. The summed E-state index contributed by atoms with van der Waals surface area (Å²) in [4.78, 5) is 0. The lowest BCUT2D eigenvalue weighted by Crippen LogP contribution is -2.06. The Morgan fingerprint density at radius 2 is 2.27 bits per heavy atom. The number of hydrogen-bond acceptors (Lipinski definition) is 2. The van der Waals surface area contributed by atoms with E-state index >= 15 is 0 Å². The average molecular weight is 231 g/mol. The van der Waals surface area contributed by atoms with E-state index in [1.165, 1.54) is 0 Å². The van der Waals surface area contributed by atoms with E-state index in [-0.39, 0.29) is 5.38 Å². The summed E-state index contributed by atoms with van der Waals surface area (Å²) in [7, 11) is 0. The van der Waals surface area contributed by atoms with Crippen LogP contribution in [0.1, 0.15) is 37.6 Å². The fraction of sp³-hybridized carbons (Fsp3) is 0.727. The van der Waals surface area contributed by atoms with Gasteiger partial charge in [0.05, 0.1) is 24.7 Å². The third kappa shape index (κ3) is 4.22. The number of ether oxygens (including phenoxy) is 1. The molecule has 1 unspecified atom stereocenters. The summed E-state index contributed by atoms with van der Waals surface area (Å²) in [5.41, 5.74) is 1.09. The minimum atomic E-state index is 0.0790. The quantitative estimate of drug-likeness (QED) is 0.532. The largest absolute Gasteiger partial charge is 0.380 e. The number of aromatic nitrogens is 2. The lowest BCUT2D eigenvalue weighted by Gasteiger charge is -2.03. The van der Waals surface area contributed by atoms with E-state index < -0.39 is 0 Å². The molecule has 0 N–H and O–H groups in total. The van der Waals surface area contributed by atoms with Gasteiger partial charge in [0.2, 0.25) is 0 Å². The summed E-state index contributed by atoms with van der Waals surface area (Å²) < 4.78 is 7.27.